The second kappa shape index (κ2) is 7.68. The van der Waals surface area contributed by atoms with Crippen LogP contribution in [0.5, 0.6) is 0 Å². The molecular weight excluding hydrogens is 375 g/mol. The zero-order valence-corrected chi connectivity index (χ0v) is 16.3. The van der Waals surface area contributed by atoms with Gasteiger partial charge < -0.3 is 10.7 Å². The lowest BCUT2D eigenvalue weighted by Crippen LogP contribution is -2.07. The predicted molar refractivity (Wildman–Crippen MR) is 109 cm³/mol. The van der Waals surface area contributed by atoms with Crippen molar-refractivity contribution in [1.82, 2.24) is 9.97 Å². The summed E-state index contributed by atoms with van der Waals surface area (Å²) in [5.74, 6) is 0.732. The molecule has 2 N–H and O–H groups in total. The van der Waals surface area contributed by atoms with Crippen LogP contribution >= 0.6 is 34.5 Å². The minimum Gasteiger partial charge on any atom is -0.368 e. The molecule has 7 heteroatoms. The van der Waals surface area contributed by atoms with E-state index in [1.807, 2.05) is 6.92 Å². The van der Waals surface area contributed by atoms with E-state index in [-0.39, 0.29) is 0 Å². The minimum absolute atomic E-state index is 0.466. The number of nitrogens with one attached hydrogen (secondary N) is 2. The second-order valence-electron chi connectivity index (χ2n) is 5.90. The lowest BCUT2D eigenvalue weighted by atomic mass is 10.2. The van der Waals surface area contributed by atoms with Gasteiger partial charge in [0.05, 0.1) is 26.0 Å². The van der Waals surface area contributed by atoms with Gasteiger partial charge in [-0.2, -0.15) is 0 Å². The van der Waals surface area contributed by atoms with Crippen molar-refractivity contribution in [2.45, 2.75) is 26.7 Å². The van der Waals surface area contributed by atoms with Gasteiger partial charge in [-0.05, 0) is 51.0 Å². The molecule has 2 aromatic heterocycles. The highest BCUT2D eigenvalue weighted by atomic mass is 35.5. The van der Waals surface area contributed by atoms with Crippen molar-refractivity contribution >= 4 is 57.1 Å². The Kier molecular flexibility index (Phi) is 5.57. The molecule has 0 unspecified atom stereocenters. The number of anilines is 1. The average molecular weight is 393 g/mol. The van der Waals surface area contributed by atoms with E-state index in [1.165, 1.54) is 4.88 Å². The Balaban J connectivity index is 2.01. The first-order valence-corrected chi connectivity index (χ1v) is 9.53. The summed E-state index contributed by atoms with van der Waals surface area (Å²) in [6.07, 6.45) is 1.64. The first-order chi connectivity index (χ1) is 11.9. The molecular formula is C18H18Cl2N4S. The Morgan fingerprint density at radius 3 is 2.44 bits per heavy atom. The molecule has 4 nitrogen and oxygen atoms in total. The zero-order chi connectivity index (χ0) is 18.0. The Hall–Kier alpha value is -1.69. The van der Waals surface area contributed by atoms with Crippen molar-refractivity contribution < 1.29 is 0 Å². The first-order valence-electron chi connectivity index (χ1n) is 7.95. The fourth-order valence-electron chi connectivity index (χ4n) is 2.47. The smallest absolute Gasteiger partial charge is 0.154 e. The monoisotopic (exact) mass is 392 g/mol. The molecule has 0 fully saturated rings. The molecule has 0 atom stereocenters. The summed E-state index contributed by atoms with van der Waals surface area (Å²) in [6.45, 7) is 4.62. The number of rotatable bonds is 6. The minimum atomic E-state index is 0.466. The van der Waals surface area contributed by atoms with Gasteiger partial charge in [0.2, 0.25) is 0 Å². The summed E-state index contributed by atoms with van der Waals surface area (Å²) in [7, 11) is 0. The summed E-state index contributed by atoms with van der Waals surface area (Å²) in [6, 6.07) is 7.62. The van der Waals surface area contributed by atoms with Gasteiger partial charge in [-0.15, -0.1) is 11.3 Å². The zero-order valence-electron chi connectivity index (χ0n) is 14.0. The van der Waals surface area contributed by atoms with E-state index >= 15 is 0 Å². The van der Waals surface area contributed by atoms with E-state index < -0.39 is 0 Å². The maximum absolute atomic E-state index is 7.53. The van der Waals surface area contributed by atoms with E-state index in [0.29, 0.717) is 21.3 Å². The molecule has 0 aliphatic heterocycles. The van der Waals surface area contributed by atoms with Gasteiger partial charge >= 0.3 is 0 Å². The highest BCUT2D eigenvalue weighted by Crippen LogP contribution is 2.34. The molecule has 0 saturated heterocycles. The third-order valence-electron chi connectivity index (χ3n) is 3.70. The third-order valence-corrected chi connectivity index (χ3v) is 5.43. The molecule has 0 bridgehead atoms. The number of benzene rings is 1. The molecule has 0 aliphatic rings. The average Bonchev–Trinajstić information content (AvgIpc) is 2.98. The molecule has 1 aromatic carbocycles. The van der Waals surface area contributed by atoms with Crippen molar-refractivity contribution in [2.24, 2.45) is 0 Å². The number of nitrogens with zero attached hydrogens (tertiary/aromatic N) is 2. The van der Waals surface area contributed by atoms with Crippen LogP contribution in [0.2, 0.25) is 10.0 Å². The Morgan fingerprint density at radius 1 is 1.16 bits per heavy atom. The number of halogens is 2. The molecule has 0 amide bonds. The van der Waals surface area contributed by atoms with E-state index in [1.54, 1.807) is 23.5 Å². The van der Waals surface area contributed by atoms with Gasteiger partial charge in [0.15, 0.2) is 5.82 Å². The Morgan fingerprint density at radius 2 is 1.84 bits per heavy atom. The predicted octanol–water partition coefficient (Wildman–Crippen LogP) is 6.21. The molecule has 2 heterocycles. The number of fused-ring (bicyclic) bond motifs is 1. The topological polar surface area (TPSA) is 61.7 Å². The molecule has 0 radical (unpaired) electrons. The maximum atomic E-state index is 7.53. The summed E-state index contributed by atoms with van der Waals surface area (Å²) < 4.78 is 0. The number of aromatic nitrogens is 2. The highest BCUT2D eigenvalue weighted by molar-refractivity contribution is 7.15. The summed E-state index contributed by atoms with van der Waals surface area (Å²) >= 11 is 13.9. The number of aryl methyl sites for hydroxylation is 1. The Labute approximate surface area is 160 Å². The number of thiophene rings is 1. The molecule has 0 spiro atoms. The molecule has 0 aliphatic carbocycles. The molecule has 3 rings (SSSR count). The van der Waals surface area contributed by atoms with Gasteiger partial charge in [0, 0.05) is 17.1 Å². The van der Waals surface area contributed by atoms with Gasteiger partial charge in [-0.25, -0.2) is 9.97 Å². The van der Waals surface area contributed by atoms with Crippen molar-refractivity contribution in [1.29, 1.82) is 5.41 Å². The van der Waals surface area contributed by atoms with Crippen LogP contribution in [-0.2, 0) is 0 Å². The van der Waals surface area contributed by atoms with E-state index in [4.69, 9.17) is 38.6 Å². The summed E-state index contributed by atoms with van der Waals surface area (Å²) in [5.41, 5.74) is 2.92. The third kappa shape index (κ3) is 4.29. The Bertz CT molecular complexity index is 936. The maximum Gasteiger partial charge on any atom is 0.154 e. The molecule has 130 valence electrons. The second-order valence-corrected chi connectivity index (χ2v) is 8.00. The quantitative estimate of drug-likeness (QED) is 0.387. The van der Waals surface area contributed by atoms with Gasteiger partial charge in [0.1, 0.15) is 5.69 Å². The van der Waals surface area contributed by atoms with Crippen LogP contribution in [0.4, 0.5) is 5.82 Å². The van der Waals surface area contributed by atoms with E-state index in [0.717, 1.165) is 41.3 Å². The van der Waals surface area contributed by atoms with Crippen LogP contribution in [0.15, 0.2) is 24.3 Å². The van der Waals surface area contributed by atoms with E-state index in [2.05, 4.69) is 24.4 Å². The van der Waals surface area contributed by atoms with Crippen LogP contribution in [0.25, 0.3) is 21.6 Å². The van der Waals surface area contributed by atoms with Gasteiger partial charge in [-0.3, -0.25) is 0 Å². The van der Waals surface area contributed by atoms with E-state index in [9.17, 15) is 0 Å². The largest absolute Gasteiger partial charge is 0.368 e. The lowest BCUT2D eigenvalue weighted by Gasteiger charge is -2.11. The van der Waals surface area contributed by atoms with Crippen LogP contribution in [0.1, 0.15) is 24.6 Å². The van der Waals surface area contributed by atoms with Crippen LogP contribution in [0, 0.1) is 12.3 Å². The highest BCUT2D eigenvalue weighted by Gasteiger charge is 2.14. The van der Waals surface area contributed by atoms with Crippen molar-refractivity contribution in [3.8, 4) is 10.6 Å². The van der Waals surface area contributed by atoms with Crippen LogP contribution < -0.4 is 5.32 Å². The normalized spacial score (nSPS) is 11.0. The molecule has 25 heavy (non-hydrogen) atoms. The fourth-order valence-corrected chi connectivity index (χ4v) is 3.64. The number of hydrogen-bond donors (Lipinski definition) is 2. The van der Waals surface area contributed by atoms with Crippen LogP contribution in [0.3, 0.4) is 0 Å². The molecule has 3 aromatic rings. The molecule has 0 saturated carbocycles. The van der Waals surface area contributed by atoms with Gasteiger partial charge in [-0.1, -0.05) is 23.2 Å². The lowest BCUT2D eigenvalue weighted by molar-refractivity contribution is 0.902. The SMILES string of the molecule is CC(=N)CCCNc1nc2cc(Cl)c(Cl)cc2nc1-c1ccc(C)s1. The summed E-state index contributed by atoms with van der Waals surface area (Å²) in [5, 5.41) is 11.8. The number of hydrogen-bond acceptors (Lipinski definition) is 5. The van der Waals surface area contributed by atoms with Gasteiger partial charge in [0.25, 0.3) is 0 Å². The van der Waals surface area contributed by atoms with Crippen molar-refractivity contribution in [2.75, 3.05) is 11.9 Å². The van der Waals surface area contributed by atoms with Crippen molar-refractivity contribution in [3.63, 3.8) is 0 Å². The van der Waals surface area contributed by atoms with Crippen LogP contribution in [-0.4, -0.2) is 22.2 Å². The first kappa shape index (κ1) is 18.1. The fraction of sp³-hybridized carbons (Fsp3) is 0.278. The van der Waals surface area contributed by atoms with Crippen molar-refractivity contribution in [3.05, 3.63) is 39.2 Å². The summed E-state index contributed by atoms with van der Waals surface area (Å²) in [4.78, 5) is 11.8. The standard InChI is InChI=1S/C18H18Cl2N4S/c1-10(21)4-3-7-22-18-17(16-6-5-11(2)25-16)23-14-8-12(19)13(20)9-15(14)24-18/h5-6,8-9,21H,3-4,7H2,1-2H3,(H,22,24).